The minimum atomic E-state index is -0.825. The molecule has 3 saturated heterocycles. The lowest BCUT2D eigenvalue weighted by Crippen LogP contribution is -2.52. The van der Waals surface area contributed by atoms with Crippen LogP contribution >= 0.6 is 0 Å². The van der Waals surface area contributed by atoms with Crippen LogP contribution in [0.4, 0.5) is 4.39 Å². The molecule has 0 aliphatic carbocycles. The molecular weight excluding hydrogens is 357 g/mol. The SMILES string of the molecule is CC1(C)O[C@H]2O[C@H]([C@H]3COC(C)(C)O3)[C@@H](NC(=O)c3cccc(F)c3)[C@H]2O1. The molecule has 8 heteroatoms. The average Bonchev–Trinajstić information content (AvgIpc) is 3.18. The van der Waals surface area contributed by atoms with Crippen LogP contribution in [0.15, 0.2) is 24.3 Å². The molecule has 1 N–H and O–H groups in total. The monoisotopic (exact) mass is 381 g/mol. The summed E-state index contributed by atoms with van der Waals surface area (Å²) in [6.07, 6.45) is -2.04. The normalized spacial score (nSPS) is 36.6. The predicted octanol–water partition coefficient (Wildman–Crippen LogP) is 1.95. The Hall–Kier alpha value is -1.58. The third-order valence-electron chi connectivity index (χ3n) is 4.87. The summed E-state index contributed by atoms with van der Waals surface area (Å²) in [7, 11) is 0. The van der Waals surface area contributed by atoms with Gasteiger partial charge in [-0.3, -0.25) is 4.79 Å². The summed E-state index contributed by atoms with van der Waals surface area (Å²) < 4.78 is 42.8. The maximum Gasteiger partial charge on any atom is 0.251 e. The third kappa shape index (κ3) is 3.72. The van der Waals surface area contributed by atoms with E-state index in [9.17, 15) is 9.18 Å². The zero-order chi connectivity index (χ0) is 19.4. The van der Waals surface area contributed by atoms with Crippen LogP contribution in [0.1, 0.15) is 38.1 Å². The molecule has 7 nitrogen and oxygen atoms in total. The summed E-state index contributed by atoms with van der Waals surface area (Å²) in [6, 6.07) is 4.98. The molecule has 0 unspecified atom stereocenters. The lowest BCUT2D eigenvalue weighted by atomic mass is 10.0. The molecule has 3 heterocycles. The van der Waals surface area contributed by atoms with Gasteiger partial charge in [-0.2, -0.15) is 0 Å². The molecule has 0 aromatic heterocycles. The van der Waals surface area contributed by atoms with Gasteiger partial charge in [-0.25, -0.2) is 4.39 Å². The first-order valence-electron chi connectivity index (χ1n) is 9.03. The van der Waals surface area contributed by atoms with Crippen LogP contribution in [0.25, 0.3) is 0 Å². The van der Waals surface area contributed by atoms with Crippen molar-refractivity contribution in [1.82, 2.24) is 5.32 Å². The highest BCUT2D eigenvalue weighted by molar-refractivity contribution is 5.94. The van der Waals surface area contributed by atoms with Gasteiger partial charge in [0.1, 0.15) is 24.1 Å². The van der Waals surface area contributed by atoms with E-state index in [2.05, 4.69) is 5.32 Å². The van der Waals surface area contributed by atoms with Crippen molar-refractivity contribution < 1.29 is 32.9 Å². The number of carbonyl (C=O) groups excluding carboxylic acids is 1. The number of amides is 1. The molecule has 0 spiro atoms. The molecule has 1 amide bonds. The molecule has 5 atom stereocenters. The highest BCUT2D eigenvalue weighted by Crippen LogP contribution is 2.40. The van der Waals surface area contributed by atoms with E-state index < -0.39 is 53.9 Å². The number of hydrogen-bond acceptors (Lipinski definition) is 6. The minimum Gasteiger partial charge on any atom is -0.348 e. The summed E-state index contributed by atoms with van der Waals surface area (Å²) in [5.41, 5.74) is 0.222. The summed E-state index contributed by atoms with van der Waals surface area (Å²) in [5.74, 6) is -2.45. The summed E-state index contributed by atoms with van der Waals surface area (Å²) in [5, 5.41) is 2.91. The molecular formula is C19H24FNO6. The molecule has 148 valence electrons. The molecule has 0 saturated carbocycles. The highest BCUT2D eigenvalue weighted by Gasteiger charge is 2.58. The van der Waals surface area contributed by atoms with E-state index in [4.69, 9.17) is 23.7 Å². The van der Waals surface area contributed by atoms with E-state index in [0.717, 1.165) is 0 Å². The smallest absolute Gasteiger partial charge is 0.251 e. The summed E-state index contributed by atoms with van der Waals surface area (Å²) >= 11 is 0. The van der Waals surface area contributed by atoms with Crippen LogP contribution in [0.5, 0.6) is 0 Å². The second kappa shape index (κ2) is 6.49. The van der Waals surface area contributed by atoms with Gasteiger partial charge in [0.05, 0.1) is 12.6 Å². The van der Waals surface area contributed by atoms with E-state index in [-0.39, 0.29) is 5.56 Å². The summed E-state index contributed by atoms with van der Waals surface area (Å²) in [4.78, 5) is 12.7. The quantitative estimate of drug-likeness (QED) is 0.863. The van der Waals surface area contributed by atoms with Gasteiger partial charge < -0.3 is 29.0 Å². The van der Waals surface area contributed by atoms with Crippen molar-refractivity contribution in [2.75, 3.05) is 6.61 Å². The Morgan fingerprint density at radius 3 is 2.56 bits per heavy atom. The van der Waals surface area contributed by atoms with Crippen LogP contribution in [-0.2, 0) is 23.7 Å². The Balaban J connectivity index is 1.56. The maximum atomic E-state index is 13.5. The molecule has 1 aromatic carbocycles. The van der Waals surface area contributed by atoms with E-state index in [1.165, 1.54) is 18.2 Å². The number of rotatable bonds is 3. The number of halogens is 1. The van der Waals surface area contributed by atoms with Gasteiger partial charge in [-0.1, -0.05) is 6.07 Å². The Morgan fingerprint density at radius 2 is 1.89 bits per heavy atom. The number of benzene rings is 1. The molecule has 1 aromatic rings. The van der Waals surface area contributed by atoms with Gasteiger partial charge in [0.25, 0.3) is 5.91 Å². The molecule has 3 aliphatic rings. The first-order chi connectivity index (χ1) is 12.6. The average molecular weight is 381 g/mol. The lowest BCUT2D eigenvalue weighted by Gasteiger charge is -2.29. The predicted molar refractivity (Wildman–Crippen MR) is 91.3 cm³/mol. The third-order valence-corrected chi connectivity index (χ3v) is 4.87. The van der Waals surface area contributed by atoms with Crippen molar-refractivity contribution in [3.63, 3.8) is 0 Å². The Labute approximate surface area is 157 Å². The molecule has 0 bridgehead atoms. The van der Waals surface area contributed by atoms with Crippen LogP contribution in [0.3, 0.4) is 0 Å². The van der Waals surface area contributed by atoms with Gasteiger partial charge in [0, 0.05) is 5.56 Å². The van der Waals surface area contributed by atoms with Crippen molar-refractivity contribution in [2.24, 2.45) is 0 Å². The second-order valence-corrected chi connectivity index (χ2v) is 7.95. The number of ether oxygens (including phenoxy) is 5. The Bertz CT molecular complexity index is 739. The maximum absolute atomic E-state index is 13.5. The Kier molecular flexibility index (Phi) is 4.51. The number of hydrogen-bond donors (Lipinski definition) is 1. The molecule has 27 heavy (non-hydrogen) atoms. The zero-order valence-electron chi connectivity index (χ0n) is 15.7. The van der Waals surface area contributed by atoms with E-state index in [1.54, 1.807) is 19.9 Å². The van der Waals surface area contributed by atoms with Gasteiger partial charge in [0.15, 0.2) is 17.9 Å². The first kappa shape index (κ1) is 18.8. The molecule has 4 rings (SSSR count). The zero-order valence-corrected chi connectivity index (χ0v) is 15.7. The Morgan fingerprint density at radius 1 is 1.11 bits per heavy atom. The molecule has 3 fully saturated rings. The molecule has 3 aliphatic heterocycles. The minimum absolute atomic E-state index is 0.222. The van der Waals surface area contributed by atoms with E-state index in [0.29, 0.717) is 6.61 Å². The van der Waals surface area contributed by atoms with Crippen LogP contribution in [0.2, 0.25) is 0 Å². The van der Waals surface area contributed by atoms with Crippen molar-refractivity contribution in [3.05, 3.63) is 35.6 Å². The fourth-order valence-corrected chi connectivity index (χ4v) is 3.76. The standard InChI is InChI=1S/C19H24FNO6/c1-18(2)23-9-12(25-18)14-13(15-17(24-14)27-19(3,4)26-15)21-16(22)10-6-5-7-11(20)8-10/h5-8,12-15,17H,9H2,1-4H3,(H,21,22)/t12-,13-,14-,15-,17-/m1/s1. The lowest BCUT2D eigenvalue weighted by molar-refractivity contribution is -0.223. The second-order valence-electron chi connectivity index (χ2n) is 7.95. The summed E-state index contributed by atoms with van der Waals surface area (Å²) in [6.45, 7) is 7.53. The number of carbonyl (C=O) groups is 1. The number of nitrogens with one attached hydrogen (secondary N) is 1. The van der Waals surface area contributed by atoms with Gasteiger partial charge in [-0.05, 0) is 45.9 Å². The van der Waals surface area contributed by atoms with E-state index in [1.807, 2.05) is 13.8 Å². The van der Waals surface area contributed by atoms with Crippen molar-refractivity contribution in [3.8, 4) is 0 Å². The fourth-order valence-electron chi connectivity index (χ4n) is 3.76. The topological polar surface area (TPSA) is 75.3 Å². The van der Waals surface area contributed by atoms with Gasteiger partial charge >= 0.3 is 0 Å². The highest BCUT2D eigenvalue weighted by atomic mass is 19.1. The fraction of sp³-hybridized carbons (Fsp3) is 0.632. The van der Waals surface area contributed by atoms with Gasteiger partial charge in [-0.15, -0.1) is 0 Å². The van der Waals surface area contributed by atoms with Crippen LogP contribution in [-0.4, -0.2) is 54.7 Å². The molecule has 0 radical (unpaired) electrons. The van der Waals surface area contributed by atoms with Crippen molar-refractivity contribution >= 4 is 5.91 Å². The van der Waals surface area contributed by atoms with Crippen molar-refractivity contribution in [1.29, 1.82) is 0 Å². The largest absolute Gasteiger partial charge is 0.348 e. The van der Waals surface area contributed by atoms with Crippen molar-refractivity contribution in [2.45, 2.75) is 69.9 Å². The number of fused-ring (bicyclic) bond motifs is 1. The van der Waals surface area contributed by atoms with Crippen LogP contribution in [0, 0.1) is 5.82 Å². The van der Waals surface area contributed by atoms with Crippen LogP contribution < -0.4 is 5.32 Å². The first-order valence-corrected chi connectivity index (χ1v) is 9.03. The van der Waals surface area contributed by atoms with Gasteiger partial charge in [0.2, 0.25) is 0 Å². The van der Waals surface area contributed by atoms with E-state index >= 15 is 0 Å².